The Morgan fingerprint density at radius 3 is 2.50 bits per heavy atom. The molecule has 1 aromatic carbocycles. The van der Waals surface area contributed by atoms with E-state index in [1.807, 2.05) is 0 Å². The van der Waals surface area contributed by atoms with Crippen LogP contribution >= 0.6 is 23.2 Å². The van der Waals surface area contributed by atoms with Crippen LogP contribution in [0.1, 0.15) is 16.6 Å². The van der Waals surface area contributed by atoms with E-state index in [1.54, 1.807) is 0 Å². The average Bonchev–Trinajstić information content (AvgIpc) is 2.84. The fraction of sp³-hybridized carbons (Fsp3) is 0.312. The molecule has 3 atom stereocenters. The second-order valence-corrected chi connectivity index (χ2v) is 6.82. The van der Waals surface area contributed by atoms with Gasteiger partial charge in [-0.1, -0.05) is 23.2 Å². The Balaban J connectivity index is 1.83. The van der Waals surface area contributed by atoms with E-state index in [4.69, 9.17) is 33.0 Å². The Bertz CT molecular complexity index is 951. The molecule has 1 aromatic heterocycles. The van der Waals surface area contributed by atoms with Crippen molar-refractivity contribution in [1.82, 2.24) is 9.55 Å². The van der Waals surface area contributed by atoms with E-state index in [1.165, 1.54) is 18.2 Å². The van der Waals surface area contributed by atoms with E-state index >= 15 is 0 Å². The van der Waals surface area contributed by atoms with Crippen LogP contribution in [0, 0.1) is 0 Å². The van der Waals surface area contributed by atoms with Crippen LogP contribution < -0.4 is 11.0 Å². The zero-order valence-electron chi connectivity index (χ0n) is 13.9. The average molecular weight is 436 g/mol. The van der Waals surface area contributed by atoms with Gasteiger partial charge >= 0.3 is 11.6 Å². The molecule has 28 heavy (non-hydrogen) atoms. The van der Waals surface area contributed by atoms with E-state index in [0.29, 0.717) is 4.57 Å². The summed E-state index contributed by atoms with van der Waals surface area (Å²) in [5.41, 5.74) is -1.06. The number of benzene rings is 1. The lowest BCUT2D eigenvalue weighted by Gasteiger charge is -2.21. The maximum atomic E-state index is 14.1. The van der Waals surface area contributed by atoms with E-state index in [-0.39, 0.29) is 21.4 Å². The monoisotopic (exact) mass is 435 g/mol. The number of nitrogens with zero attached hydrogens (tertiary/aromatic N) is 2. The third-order valence-electron chi connectivity index (χ3n) is 4.01. The standard InChI is InChI=1S/C16H13Cl2F2N3O5/c17-8-3-7(4-9(18)5-8)13(26)21-11-1-2-23(15(27)22-11)14-16(19,20)12(25)10(6-24)28-14/h1-5,10,12,14,24-25H,6H2,(H,21,22,26,27)/t10-,12-,14-/m1/s1. The van der Waals surface area contributed by atoms with Crippen LogP contribution in [0.25, 0.3) is 0 Å². The van der Waals surface area contributed by atoms with Crippen molar-refractivity contribution in [3.8, 4) is 0 Å². The van der Waals surface area contributed by atoms with Gasteiger partial charge in [0.2, 0.25) is 6.23 Å². The fourth-order valence-electron chi connectivity index (χ4n) is 2.65. The Morgan fingerprint density at radius 2 is 1.96 bits per heavy atom. The second kappa shape index (κ2) is 7.72. The number of carbonyl (C=O) groups is 1. The van der Waals surface area contributed by atoms with Crippen LogP contribution in [0.4, 0.5) is 14.6 Å². The number of alkyl halides is 2. The zero-order valence-corrected chi connectivity index (χ0v) is 15.4. The van der Waals surface area contributed by atoms with Crippen molar-refractivity contribution < 1.29 is 28.5 Å². The second-order valence-electron chi connectivity index (χ2n) is 5.94. The molecule has 2 heterocycles. The van der Waals surface area contributed by atoms with Crippen molar-refractivity contribution in [1.29, 1.82) is 0 Å². The molecule has 150 valence electrons. The van der Waals surface area contributed by atoms with E-state index in [9.17, 15) is 23.5 Å². The van der Waals surface area contributed by atoms with Gasteiger partial charge in [0, 0.05) is 21.8 Å². The lowest BCUT2D eigenvalue weighted by molar-refractivity contribution is -0.140. The summed E-state index contributed by atoms with van der Waals surface area (Å²) in [5.74, 6) is -4.71. The number of hydrogen-bond donors (Lipinski definition) is 3. The molecule has 2 aromatic rings. The van der Waals surface area contributed by atoms with Gasteiger partial charge in [-0.3, -0.25) is 9.36 Å². The number of aliphatic hydroxyl groups is 2. The lowest BCUT2D eigenvalue weighted by atomic mass is 10.1. The summed E-state index contributed by atoms with van der Waals surface area (Å²) in [6.45, 7) is -0.855. The number of nitrogens with one attached hydrogen (secondary N) is 1. The topological polar surface area (TPSA) is 114 Å². The van der Waals surface area contributed by atoms with E-state index in [2.05, 4.69) is 10.3 Å². The number of ether oxygens (including phenoxy) is 1. The Labute approximate surface area is 166 Å². The third-order valence-corrected chi connectivity index (χ3v) is 4.44. The molecule has 0 saturated carbocycles. The summed E-state index contributed by atoms with van der Waals surface area (Å²) in [5, 5.41) is 21.3. The molecular formula is C16H13Cl2F2N3O5. The van der Waals surface area contributed by atoms with Crippen molar-refractivity contribution in [3.05, 3.63) is 56.6 Å². The molecule has 1 aliphatic rings. The van der Waals surface area contributed by atoms with Crippen molar-refractivity contribution in [2.45, 2.75) is 24.4 Å². The third kappa shape index (κ3) is 3.87. The Morgan fingerprint density at radius 1 is 1.32 bits per heavy atom. The Kier molecular flexibility index (Phi) is 5.69. The first-order valence-electron chi connectivity index (χ1n) is 7.82. The van der Waals surface area contributed by atoms with Gasteiger partial charge in [-0.05, 0) is 24.3 Å². The first-order valence-corrected chi connectivity index (χ1v) is 8.58. The number of anilines is 1. The summed E-state index contributed by atoms with van der Waals surface area (Å²) in [7, 11) is 0. The number of amides is 1. The number of hydrogen-bond acceptors (Lipinski definition) is 6. The van der Waals surface area contributed by atoms with Gasteiger partial charge in [-0.2, -0.15) is 13.8 Å². The highest BCUT2D eigenvalue weighted by Gasteiger charge is 2.59. The predicted molar refractivity (Wildman–Crippen MR) is 94.9 cm³/mol. The minimum atomic E-state index is -3.83. The highest BCUT2D eigenvalue weighted by Crippen LogP contribution is 2.41. The smallest absolute Gasteiger partial charge is 0.351 e. The van der Waals surface area contributed by atoms with Crippen LogP contribution in [0.3, 0.4) is 0 Å². The summed E-state index contributed by atoms with van der Waals surface area (Å²) in [6, 6.07) is 5.21. The van der Waals surface area contributed by atoms with Crippen LogP contribution in [-0.4, -0.2) is 50.4 Å². The molecule has 1 aliphatic heterocycles. The van der Waals surface area contributed by atoms with Crippen molar-refractivity contribution >= 4 is 34.9 Å². The molecule has 0 unspecified atom stereocenters. The van der Waals surface area contributed by atoms with Gasteiger partial charge < -0.3 is 20.3 Å². The maximum absolute atomic E-state index is 14.1. The lowest BCUT2D eigenvalue weighted by Crippen LogP contribution is -2.41. The number of aliphatic hydroxyl groups excluding tert-OH is 2. The minimum absolute atomic E-state index is 0.100. The number of aromatic nitrogens is 2. The molecule has 0 radical (unpaired) electrons. The first-order chi connectivity index (χ1) is 13.1. The van der Waals surface area contributed by atoms with E-state index < -0.39 is 42.6 Å². The van der Waals surface area contributed by atoms with Crippen molar-refractivity contribution in [2.24, 2.45) is 0 Å². The molecule has 8 nitrogen and oxygen atoms in total. The molecule has 0 spiro atoms. The summed E-state index contributed by atoms with van der Waals surface area (Å²) < 4.78 is 33.6. The molecule has 3 rings (SSSR count). The van der Waals surface area contributed by atoms with Crippen molar-refractivity contribution in [3.63, 3.8) is 0 Å². The van der Waals surface area contributed by atoms with Gasteiger partial charge in [0.05, 0.1) is 6.61 Å². The number of halogens is 4. The fourth-order valence-corrected chi connectivity index (χ4v) is 3.18. The highest BCUT2D eigenvalue weighted by atomic mass is 35.5. The van der Waals surface area contributed by atoms with Crippen molar-refractivity contribution in [2.75, 3.05) is 11.9 Å². The summed E-state index contributed by atoms with van der Waals surface area (Å²) >= 11 is 11.6. The number of rotatable bonds is 4. The van der Waals surface area contributed by atoms with Gasteiger partial charge in [0.1, 0.15) is 11.9 Å². The molecular weight excluding hydrogens is 423 g/mol. The molecule has 1 saturated heterocycles. The predicted octanol–water partition coefficient (Wildman–Crippen LogP) is 1.69. The SMILES string of the molecule is O=C(Nc1ccn([C@@H]2O[C@H](CO)[C@@H](O)C2(F)F)c(=O)n1)c1cc(Cl)cc(Cl)c1. The first kappa shape index (κ1) is 20.6. The molecule has 3 N–H and O–H groups in total. The maximum Gasteiger partial charge on any atom is 0.351 e. The molecule has 0 aliphatic carbocycles. The molecule has 1 amide bonds. The summed E-state index contributed by atoms with van der Waals surface area (Å²) in [4.78, 5) is 27.9. The van der Waals surface area contributed by atoms with E-state index in [0.717, 1.165) is 12.3 Å². The van der Waals surface area contributed by atoms with Crippen LogP contribution in [0.15, 0.2) is 35.3 Å². The van der Waals surface area contributed by atoms with Gasteiger partial charge in [0.15, 0.2) is 6.10 Å². The largest absolute Gasteiger partial charge is 0.394 e. The van der Waals surface area contributed by atoms with Gasteiger partial charge in [-0.15, -0.1) is 0 Å². The van der Waals surface area contributed by atoms with Crippen LogP contribution in [-0.2, 0) is 4.74 Å². The Hall–Kier alpha value is -2.11. The zero-order chi connectivity index (χ0) is 20.6. The quantitative estimate of drug-likeness (QED) is 0.673. The normalized spacial score (nSPS) is 23.6. The molecule has 12 heteroatoms. The highest BCUT2D eigenvalue weighted by molar-refractivity contribution is 6.35. The molecule has 1 fully saturated rings. The van der Waals surface area contributed by atoms with Crippen LogP contribution in [0.2, 0.25) is 10.0 Å². The summed E-state index contributed by atoms with van der Waals surface area (Å²) in [6.07, 6.45) is -5.07. The molecule has 0 bridgehead atoms. The van der Waals surface area contributed by atoms with Gasteiger partial charge in [-0.25, -0.2) is 4.79 Å². The van der Waals surface area contributed by atoms with Crippen LogP contribution in [0.5, 0.6) is 0 Å². The number of carbonyl (C=O) groups excluding carboxylic acids is 1. The van der Waals surface area contributed by atoms with Gasteiger partial charge in [0.25, 0.3) is 5.91 Å². The minimum Gasteiger partial charge on any atom is -0.394 e.